The Labute approximate surface area is 177 Å². The standard InChI is InChI=1S/2C12H11NO.H2S/c2*13-11-5-1-9(2-6-11)10-3-7-12(14)8-4-10;/h2*1-8,14H,13H2;1H2. The highest BCUT2D eigenvalue weighted by atomic mass is 32.1. The summed E-state index contributed by atoms with van der Waals surface area (Å²) in [6.07, 6.45) is 0. The Kier molecular flexibility index (Phi) is 7.57. The number of aromatic hydroxyl groups is 2. The number of phenols is 2. The second kappa shape index (κ2) is 10.1. The number of nitrogens with two attached hydrogens (primary N) is 2. The lowest BCUT2D eigenvalue weighted by atomic mass is 10.1. The van der Waals surface area contributed by atoms with Gasteiger partial charge in [-0.05, 0) is 70.8 Å². The molecule has 0 heterocycles. The number of rotatable bonds is 2. The maximum atomic E-state index is 9.13. The van der Waals surface area contributed by atoms with Crippen molar-refractivity contribution in [1.29, 1.82) is 0 Å². The number of hydrogen-bond acceptors (Lipinski definition) is 4. The molecule has 0 saturated heterocycles. The fourth-order valence-corrected chi connectivity index (χ4v) is 2.66. The molecule has 148 valence electrons. The van der Waals surface area contributed by atoms with Gasteiger partial charge in [0.2, 0.25) is 0 Å². The number of phenolic OH excluding ortho intramolecular Hbond substituents is 2. The third-order valence-electron chi connectivity index (χ3n) is 4.22. The molecule has 0 amide bonds. The molecular weight excluding hydrogens is 380 g/mol. The van der Waals surface area contributed by atoms with Crippen LogP contribution in [0.1, 0.15) is 0 Å². The predicted molar refractivity (Wildman–Crippen MR) is 126 cm³/mol. The van der Waals surface area contributed by atoms with Gasteiger partial charge in [-0.1, -0.05) is 48.5 Å². The summed E-state index contributed by atoms with van der Waals surface area (Å²) in [7, 11) is 0. The van der Waals surface area contributed by atoms with Crippen molar-refractivity contribution < 1.29 is 10.2 Å². The average molecular weight is 405 g/mol. The summed E-state index contributed by atoms with van der Waals surface area (Å²) in [6.45, 7) is 0. The van der Waals surface area contributed by atoms with Gasteiger partial charge in [-0.15, -0.1) is 0 Å². The van der Waals surface area contributed by atoms with Gasteiger partial charge in [0.25, 0.3) is 0 Å². The van der Waals surface area contributed by atoms with Gasteiger partial charge in [0.1, 0.15) is 11.5 Å². The first-order chi connectivity index (χ1) is 13.5. The van der Waals surface area contributed by atoms with Crippen LogP contribution in [0.3, 0.4) is 0 Å². The fraction of sp³-hybridized carbons (Fsp3) is 0. The van der Waals surface area contributed by atoms with Crippen molar-refractivity contribution in [3.63, 3.8) is 0 Å². The molecule has 0 unspecified atom stereocenters. The Morgan fingerprint density at radius 1 is 0.379 bits per heavy atom. The Balaban J connectivity index is 0.000000200. The highest BCUT2D eigenvalue weighted by Crippen LogP contribution is 2.23. The van der Waals surface area contributed by atoms with Crippen LogP contribution in [0, 0.1) is 0 Å². The lowest BCUT2D eigenvalue weighted by molar-refractivity contribution is 0.475. The zero-order valence-corrected chi connectivity index (χ0v) is 16.8. The molecule has 0 bridgehead atoms. The summed E-state index contributed by atoms with van der Waals surface area (Å²) in [5.74, 6) is 0.563. The van der Waals surface area contributed by atoms with Gasteiger partial charge in [0.15, 0.2) is 0 Å². The molecule has 0 fully saturated rings. The van der Waals surface area contributed by atoms with Crippen molar-refractivity contribution in [2.75, 3.05) is 11.5 Å². The first kappa shape index (κ1) is 21.7. The highest BCUT2D eigenvalue weighted by molar-refractivity contribution is 7.59. The number of hydrogen-bond donors (Lipinski definition) is 4. The smallest absolute Gasteiger partial charge is 0.115 e. The van der Waals surface area contributed by atoms with Gasteiger partial charge in [0.05, 0.1) is 0 Å². The van der Waals surface area contributed by atoms with Gasteiger partial charge < -0.3 is 21.7 Å². The molecule has 5 heteroatoms. The van der Waals surface area contributed by atoms with Crippen LogP contribution in [0.15, 0.2) is 97.1 Å². The molecule has 0 aliphatic carbocycles. The fourth-order valence-electron chi connectivity index (χ4n) is 2.66. The van der Waals surface area contributed by atoms with Gasteiger partial charge in [-0.2, -0.15) is 13.5 Å². The molecule has 0 spiro atoms. The van der Waals surface area contributed by atoms with Crippen LogP contribution >= 0.6 is 13.5 Å². The largest absolute Gasteiger partial charge is 0.508 e. The summed E-state index contributed by atoms with van der Waals surface area (Å²) < 4.78 is 0. The number of nitrogen functional groups attached to an aromatic ring is 2. The number of benzene rings is 4. The van der Waals surface area contributed by atoms with E-state index in [2.05, 4.69) is 0 Å². The molecule has 4 aromatic rings. The summed E-state index contributed by atoms with van der Waals surface area (Å²) in [5, 5.41) is 18.3. The summed E-state index contributed by atoms with van der Waals surface area (Å²) >= 11 is 0. The van der Waals surface area contributed by atoms with Crippen LogP contribution in [-0.2, 0) is 0 Å². The minimum Gasteiger partial charge on any atom is -0.508 e. The number of anilines is 2. The first-order valence-electron chi connectivity index (χ1n) is 8.81. The van der Waals surface area contributed by atoms with Crippen molar-refractivity contribution in [2.45, 2.75) is 0 Å². The Morgan fingerprint density at radius 2 is 0.586 bits per heavy atom. The minimum absolute atomic E-state index is 0. The van der Waals surface area contributed by atoms with E-state index < -0.39 is 0 Å². The molecule has 0 aromatic heterocycles. The van der Waals surface area contributed by atoms with E-state index in [1.54, 1.807) is 24.3 Å². The SMILES string of the molecule is Nc1ccc(-c2ccc(O)cc2)cc1.Nc1ccc(-c2ccc(O)cc2)cc1.S. The van der Waals surface area contributed by atoms with Crippen LogP contribution < -0.4 is 11.5 Å². The van der Waals surface area contributed by atoms with Crippen LogP contribution in [-0.4, -0.2) is 10.2 Å². The molecule has 4 nitrogen and oxygen atoms in total. The van der Waals surface area contributed by atoms with Crippen LogP contribution in [0.4, 0.5) is 11.4 Å². The van der Waals surface area contributed by atoms with E-state index in [1.165, 1.54) is 0 Å². The van der Waals surface area contributed by atoms with Crippen LogP contribution in [0.25, 0.3) is 22.3 Å². The zero-order chi connectivity index (χ0) is 19.9. The van der Waals surface area contributed by atoms with E-state index in [0.717, 1.165) is 33.6 Å². The Morgan fingerprint density at radius 3 is 0.828 bits per heavy atom. The lowest BCUT2D eigenvalue weighted by Crippen LogP contribution is -1.83. The molecule has 29 heavy (non-hydrogen) atoms. The van der Waals surface area contributed by atoms with E-state index in [-0.39, 0.29) is 25.0 Å². The summed E-state index contributed by atoms with van der Waals surface area (Å²) in [5.41, 5.74) is 17.0. The normalized spacial score (nSPS) is 9.66. The zero-order valence-electron chi connectivity index (χ0n) is 15.8. The predicted octanol–water partition coefficient (Wildman–Crippen LogP) is 5.40. The first-order valence-corrected chi connectivity index (χ1v) is 8.81. The van der Waals surface area contributed by atoms with Crippen LogP contribution in [0.2, 0.25) is 0 Å². The van der Waals surface area contributed by atoms with Gasteiger partial charge in [-0.25, -0.2) is 0 Å². The van der Waals surface area contributed by atoms with Gasteiger partial charge in [0, 0.05) is 11.4 Å². The van der Waals surface area contributed by atoms with E-state index in [0.29, 0.717) is 0 Å². The average Bonchev–Trinajstić information content (AvgIpc) is 2.71. The minimum atomic E-state index is 0. The van der Waals surface area contributed by atoms with Crippen molar-refractivity contribution in [1.82, 2.24) is 0 Å². The molecule has 4 rings (SSSR count). The maximum Gasteiger partial charge on any atom is 0.115 e. The third kappa shape index (κ3) is 6.23. The molecule has 0 aliphatic heterocycles. The molecule has 6 N–H and O–H groups in total. The highest BCUT2D eigenvalue weighted by Gasteiger charge is 1.97. The van der Waals surface area contributed by atoms with Gasteiger partial charge >= 0.3 is 0 Å². The lowest BCUT2D eigenvalue weighted by Gasteiger charge is -2.01. The van der Waals surface area contributed by atoms with Crippen molar-refractivity contribution in [2.24, 2.45) is 0 Å². The Hall–Kier alpha value is -3.57. The monoisotopic (exact) mass is 404 g/mol. The van der Waals surface area contributed by atoms with E-state index in [4.69, 9.17) is 21.7 Å². The van der Waals surface area contributed by atoms with E-state index >= 15 is 0 Å². The van der Waals surface area contributed by atoms with Crippen LogP contribution in [0.5, 0.6) is 11.5 Å². The molecule has 0 radical (unpaired) electrons. The quantitative estimate of drug-likeness (QED) is 0.337. The molecule has 0 saturated carbocycles. The molecule has 0 aliphatic rings. The third-order valence-corrected chi connectivity index (χ3v) is 4.22. The Bertz CT molecular complexity index is 840. The topological polar surface area (TPSA) is 92.5 Å². The molecule has 4 aromatic carbocycles. The molecular formula is C24H24N2O2S. The van der Waals surface area contributed by atoms with Crippen molar-refractivity contribution in [3.8, 4) is 33.8 Å². The molecule has 0 atom stereocenters. The van der Waals surface area contributed by atoms with Crippen molar-refractivity contribution >= 4 is 24.9 Å². The maximum absolute atomic E-state index is 9.13. The summed E-state index contributed by atoms with van der Waals surface area (Å²) in [4.78, 5) is 0. The second-order valence-electron chi connectivity index (χ2n) is 6.34. The van der Waals surface area contributed by atoms with E-state index in [9.17, 15) is 0 Å². The van der Waals surface area contributed by atoms with Gasteiger partial charge in [-0.3, -0.25) is 0 Å². The van der Waals surface area contributed by atoms with Crippen molar-refractivity contribution in [3.05, 3.63) is 97.1 Å². The van der Waals surface area contributed by atoms with E-state index in [1.807, 2.05) is 72.8 Å². The second-order valence-corrected chi connectivity index (χ2v) is 6.34. The summed E-state index contributed by atoms with van der Waals surface area (Å²) in [6, 6.07) is 29.5.